The molecule has 0 bridgehead atoms. The van der Waals surface area contributed by atoms with Crippen LogP contribution in [0, 0.1) is 13.8 Å². The second-order valence-corrected chi connectivity index (χ2v) is 5.39. The zero-order valence-electron chi connectivity index (χ0n) is 12.3. The lowest BCUT2D eigenvalue weighted by Gasteiger charge is -2.07. The summed E-state index contributed by atoms with van der Waals surface area (Å²) in [5.74, 6) is 0.136. The monoisotopic (exact) mass is 275 g/mol. The van der Waals surface area contributed by atoms with Crippen LogP contribution < -0.4 is 0 Å². The van der Waals surface area contributed by atoms with Crippen LogP contribution in [0.5, 0.6) is 0 Å². The molecule has 1 heterocycles. The fourth-order valence-corrected chi connectivity index (χ4v) is 2.54. The number of aromatic nitrogens is 1. The Balaban J connectivity index is 1.95. The Labute approximate surface area is 124 Å². The summed E-state index contributed by atoms with van der Waals surface area (Å²) in [5.41, 5.74) is 5.15. The number of ketones is 1. The molecule has 0 spiro atoms. The summed E-state index contributed by atoms with van der Waals surface area (Å²) < 4.78 is 0. The third-order valence-corrected chi connectivity index (χ3v) is 3.88. The smallest absolute Gasteiger partial charge is 0.167 e. The molecule has 21 heavy (non-hydrogen) atoms. The summed E-state index contributed by atoms with van der Waals surface area (Å²) in [6, 6.07) is 15.7. The summed E-state index contributed by atoms with van der Waals surface area (Å²) >= 11 is 0. The molecule has 2 heteroatoms. The van der Waals surface area contributed by atoms with Gasteiger partial charge < -0.3 is 0 Å². The van der Waals surface area contributed by atoms with Crippen molar-refractivity contribution in [3.63, 3.8) is 0 Å². The van der Waals surface area contributed by atoms with E-state index < -0.39 is 0 Å². The Morgan fingerprint density at radius 1 is 1.00 bits per heavy atom. The molecule has 3 rings (SSSR count). The second-order valence-electron chi connectivity index (χ2n) is 5.39. The van der Waals surface area contributed by atoms with E-state index in [1.165, 1.54) is 11.1 Å². The van der Waals surface area contributed by atoms with Crippen LogP contribution in [0.1, 0.15) is 27.0 Å². The first-order chi connectivity index (χ1) is 10.1. The molecule has 0 radical (unpaired) electrons. The Morgan fingerprint density at radius 2 is 1.86 bits per heavy atom. The fraction of sp³-hybridized carbons (Fsp3) is 0.158. The molecule has 0 unspecified atom stereocenters. The molecular formula is C19H17NO. The maximum absolute atomic E-state index is 12.6. The number of aryl methyl sites for hydroxylation is 2. The number of hydrogen-bond acceptors (Lipinski definition) is 2. The van der Waals surface area contributed by atoms with Crippen molar-refractivity contribution in [2.24, 2.45) is 0 Å². The van der Waals surface area contributed by atoms with Gasteiger partial charge in [-0.3, -0.25) is 9.78 Å². The van der Waals surface area contributed by atoms with Gasteiger partial charge in [-0.05, 0) is 42.7 Å². The lowest BCUT2D eigenvalue weighted by Crippen LogP contribution is -2.05. The molecule has 0 aliphatic heterocycles. The number of carbonyl (C=O) groups is 1. The first kappa shape index (κ1) is 13.5. The van der Waals surface area contributed by atoms with E-state index in [1.807, 2.05) is 36.4 Å². The van der Waals surface area contributed by atoms with E-state index in [9.17, 15) is 4.79 Å². The van der Waals surface area contributed by atoms with Gasteiger partial charge in [-0.2, -0.15) is 0 Å². The highest BCUT2D eigenvalue weighted by Gasteiger charge is 2.11. The molecule has 104 valence electrons. The highest BCUT2D eigenvalue weighted by Crippen LogP contribution is 2.19. The topological polar surface area (TPSA) is 30.0 Å². The van der Waals surface area contributed by atoms with Crippen LogP contribution >= 0.6 is 0 Å². The lowest BCUT2D eigenvalue weighted by atomic mass is 9.97. The van der Waals surface area contributed by atoms with Gasteiger partial charge in [0.1, 0.15) is 0 Å². The summed E-state index contributed by atoms with van der Waals surface area (Å²) in [7, 11) is 0. The van der Waals surface area contributed by atoms with E-state index in [4.69, 9.17) is 0 Å². The van der Waals surface area contributed by atoms with E-state index in [1.54, 1.807) is 6.20 Å². The van der Waals surface area contributed by atoms with Crippen molar-refractivity contribution < 1.29 is 4.79 Å². The molecule has 2 aromatic carbocycles. The van der Waals surface area contributed by atoms with Gasteiger partial charge >= 0.3 is 0 Å². The van der Waals surface area contributed by atoms with Crippen molar-refractivity contribution >= 4 is 16.7 Å². The van der Waals surface area contributed by atoms with Gasteiger partial charge in [0.05, 0.1) is 5.52 Å². The third-order valence-electron chi connectivity index (χ3n) is 3.88. The van der Waals surface area contributed by atoms with Crippen molar-refractivity contribution in [3.05, 3.63) is 77.0 Å². The average molecular weight is 275 g/mol. The SMILES string of the molecule is Cc1ccc(CC(=O)c2cccc3ncccc23)cc1C. The minimum absolute atomic E-state index is 0.136. The molecule has 0 amide bonds. The van der Waals surface area contributed by atoms with Crippen LogP contribution in [0.2, 0.25) is 0 Å². The van der Waals surface area contributed by atoms with E-state index in [2.05, 4.69) is 31.0 Å². The standard InChI is InChI=1S/C19H17NO/c1-13-8-9-15(11-14(13)2)12-19(21)17-5-3-7-18-16(17)6-4-10-20-18/h3-11H,12H2,1-2H3. The van der Waals surface area contributed by atoms with Crippen molar-refractivity contribution in [1.82, 2.24) is 4.98 Å². The van der Waals surface area contributed by atoms with Crippen LogP contribution in [0.4, 0.5) is 0 Å². The first-order valence-electron chi connectivity index (χ1n) is 7.08. The van der Waals surface area contributed by atoms with Gasteiger partial charge in [0, 0.05) is 23.6 Å². The molecule has 0 fully saturated rings. The van der Waals surface area contributed by atoms with E-state index in [0.29, 0.717) is 6.42 Å². The van der Waals surface area contributed by atoms with Gasteiger partial charge in [0.25, 0.3) is 0 Å². The van der Waals surface area contributed by atoms with Crippen LogP contribution in [-0.2, 0) is 6.42 Å². The van der Waals surface area contributed by atoms with Crippen molar-refractivity contribution in [3.8, 4) is 0 Å². The number of benzene rings is 2. The van der Waals surface area contributed by atoms with Crippen LogP contribution in [0.3, 0.4) is 0 Å². The normalized spacial score (nSPS) is 10.8. The second kappa shape index (κ2) is 5.49. The van der Waals surface area contributed by atoms with E-state index >= 15 is 0 Å². The Hall–Kier alpha value is -2.48. The van der Waals surface area contributed by atoms with Crippen molar-refractivity contribution in [2.45, 2.75) is 20.3 Å². The molecule has 0 aliphatic rings. The molecular weight excluding hydrogens is 258 g/mol. The van der Waals surface area contributed by atoms with Crippen molar-refractivity contribution in [1.29, 1.82) is 0 Å². The quantitative estimate of drug-likeness (QED) is 0.668. The number of carbonyl (C=O) groups excluding carboxylic acids is 1. The summed E-state index contributed by atoms with van der Waals surface area (Å²) in [6.45, 7) is 4.16. The van der Waals surface area contributed by atoms with Gasteiger partial charge in [-0.15, -0.1) is 0 Å². The van der Waals surface area contributed by atoms with Gasteiger partial charge in [-0.1, -0.05) is 36.4 Å². The Kier molecular flexibility index (Phi) is 3.53. The number of nitrogens with zero attached hydrogens (tertiary/aromatic N) is 1. The minimum Gasteiger partial charge on any atom is -0.294 e. The molecule has 3 aromatic rings. The molecule has 0 saturated heterocycles. The minimum atomic E-state index is 0.136. The summed E-state index contributed by atoms with van der Waals surface area (Å²) in [4.78, 5) is 16.9. The Morgan fingerprint density at radius 3 is 2.67 bits per heavy atom. The van der Waals surface area contributed by atoms with Crippen LogP contribution in [-0.4, -0.2) is 10.8 Å². The van der Waals surface area contributed by atoms with E-state index in [0.717, 1.165) is 22.0 Å². The fourth-order valence-electron chi connectivity index (χ4n) is 2.54. The molecule has 2 nitrogen and oxygen atoms in total. The largest absolute Gasteiger partial charge is 0.294 e. The molecule has 0 aliphatic carbocycles. The first-order valence-corrected chi connectivity index (χ1v) is 7.08. The van der Waals surface area contributed by atoms with Gasteiger partial charge in [-0.25, -0.2) is 0 Å². The lowest BCUT2D eigenvalue weighted by molar-refractivity contribution is 0.0994. The number of pyridine rings is 1. The predicted molar refractivity (Wildman–Crippen MR) is 85.7 cm³/mol. The van der Waals surface area contributed by atoms with Crippen molar-refractivity contribution in [2.75, 3.05) is 0 Å². The number of rotatable bonds is 3. The maximum atomic E-state index is 12.6. The average Bonchev–Trinajstić information content (AvgIpc) is 2.50. The van der Waals surface area contributed by atoms with Crippen LogP contribution in [0.15, 0.2) is 54.7 Å². The van der Waals surface area contributed by atoms with Gasteiger partial charge in [0.2, 0.25) is 0 Å². The summed E-state index contributed by atoms with van der Waals surface area (Å²) in [5, 5.41) is 0.925. The predicted octanol–water partition coefficient (Wildman–Crippen LogP) is 4.28. The molecule has 0 atom stereocenters. The molecule has 0 saturated carbocycles. The highest BCUT2D eigenvalue weighted by atomic mass is 16.1. The number of Topliss-reactive ketones (excluding diaryl/α,β-unsaturated/α-hetero) is 1. The molecule has 0 N–H and O–H groups in total. The van der Waals surface area contributed by atoms with E-state index in [-0.39, 0.29) is 5.78 Å². The molecule has 1 aromatic heterocycles. The van der Waals surface area contributed by atoms with Crippen LogP contribution in [0.25, 0.3) is 10.9 Å². The zero-order valence-corrected chi connectivity index (χ0v) is 12.3. The number of hydrogen-bond donors (Lipinski definition) is 0. The zero-order chi connectivity index (χ0) is 14.8. The van der Waals surface area contributed by atoms with Gasteiger partial charge in [0.15, 0.2) is 5.78 Å². The highest BCUT2D eigenvalue weighted by molar-refractivity contribution is 6.08. The summed E-state index contributed by atoms with van der Waals surface area (Å²) in [6.07, 6.45) is 2.18. The third kappa shape index (κ3) is 2.70. The number of fused-ring (bicyclic) bond motifs is 1. The maximum Gasteiger partial charge on any atom is 0.167 e. The Bertz CT molecular complexity index is 815.